The van der Waals surface area contributed by atoms with Crippen LogP contribution in [-0.2, 0) is 5.54 Å². The first-order chi connectivity index (χ1) is 25.8. The van der Waals surface area contributed by atoms with Crippen LogP contribution >= 0.6 is 0 Å². The number of ether oxygens (including phenoxy) is 1. The van der Waals surface area contributed by atoms with Gasteiger partial charge in [0.25, 0.3) is 11.5 Å². The van der Waals surface area contributed by atoms with E-state index in [0.29, 0.717) is 0 Å². The lowest BCUT2D eigenvalue weighted by Gasteiger charge is -2.31. The molecule has 0 aliphatic carbocycles. The summed E-state index contributed by atoms with van der Waals surface area (Å²) in [6.45, 7) is 0. The third-order valence-corrected chi connectivity index (χ3v) is 12.9. The Kier molecular flexibility index (Phi) is 3.79. The van der Waals surface area contributed by atoms with Gasteiger partial charge in [0.05, 0.1) is 27.7 Å². The number of nitrogens with zero attached hydrogens (tertiary/aromatic N) is 3. The Morgan fingerprint density at radius 3 is 1.71 bits per heavy atom. The average molecular weight is 659 g/mol. The maximum Gasteiger partial charge on any atom is 0.299 e. The normalized spacial score (nSPS) is 16.7. The van der Waals surface area contributed by atoms with Crippen LogP contribution in [0.3, 0.4) is 0 Å². The van der Waals surface area contributed by atoms with Gasteiger partial charge >= 0.3 is 0 Å². The van der Waals surface area contributed by atoms with Crippen LogP contribution in [0, 0.1) is 0 Å². The maximum absolute atomic E-state index is 7.09. The van der Waals surface area contributed by atoms with Gasteiger partial charge in [0.15, 0.2) is 5.69 Å². The molecule has 1 unspecified atom stereocenters. The molecular weight excluding hydrogens is 635 g/mol. The molecule has 0 radical (unpaired) electrons. The van der Waals surface area contributed by atoms with E-state index in [0.717, 1.165) is 11.6 Å². The van der Waals surface area contributed by atoms with Gasteiger partial charge in [0.2, 0.25) is 5.54 Å². The van der Waals surface area contributed by atoms with Crippen molar-refractivity contribution in [2.24, 2.45) is 0 Å². The van der Waals surface area contributed by atoms with Crippen molar-refractivity contribution in [2.75, 3.05) is 0 Å². The molecule has 8 heterocycles. The molecule has 52 heavy (non-hydrogen) atoms. The van der Waals surface area contributed by atoms with Gasteiger partial charge in [-0.15, -0.1) is 0 Å². The van der Waals surface area contributed by atoms with Crippen molar-refractivity contribution in [3.63, 3.8) is 0 Å². The lowest BCUT2D eigenvalue weighted by atomic mass is 9.79. The van der Waals surface area contributed by atoms with Crippen molar-refractivity contribution < 1.29 is 9.30 Å². The SMILES string of the molecule is c1ccc2c(c1)ccc1c2c2ccc3[n+]4c2n2c(c5ccccc5c12)C41c2c(ccc4c5ccc6ccccc6c5c5c6ccccc6c1n5c24)O3. The van der Waals surface area contributed by atoms with Crippen LogP contribution in [0.1, 0.15) is 17.0 Å². The number of benzene rings is 7. The molecule has 7 aromatic carbocycles. The van der Waals surface area contributed by atoms with E-state index in [4.69, 9.17) is 4.74 Å². The van der Waals surface area contributed by atoms with Gasteiger partial charge in [-0.25, -0.2) is 0 Å². The van der Waals surface area contributed by atoms with Gasteiger partial charge in [-0.3, -0.25) is 0 Å². The fourth-order valence-electron chi connectivity index (χ4n) is 11.3. The molecule has 0 amide bonds. The van der Waals surface area contributed by atoms with Crippen LogP contribution in [0.2, 0.25) is 0 Å². The van der Waals surface area contributed by atoms with E-state index in [2.05, 4.69) is 159 Å². The monoisotopic (exact) mass is 658 g/mol. The van der Waals surface area contributed by atoms with Crippen LogP contribution in [0.4, 0.5) is 0 Å². The Balaban J connectivity index is 1.31. The molecule has 4 heteroatoms. The molecule has 0 saturated carbocycles. The van der Waals surface area contributed by atoms with Crippen molar-refractivity contribution in [2.45, 2.75) is 5.54 Å². The highest BCUT2D eigenvalue weighted by Crippen LogP contribution is 2.61. The van der Waals surface area contributed by atoms with Gasteiger partial charge in [0, 0.05) is 49.2 Å². The van der Waals surface area contributed by atoms with Crippen LogP contribution in [-0.4, -0.2) is 8.80 Å². The number of hydrogen-bond donors (Lipinski definition) is 0. The van der Waals surface area contributed by atoms with Crippen LogP contribution in [0.15, 0.2) is 146 Å². The van der Waals surface area contributed by atoms with E-state index in [1.54, 1.807) is 0 Å². The summed E-state index contributed by atoms with van der Waals surface area (Å²) in [5.41, 5.74) is 8.15. The lowest BCUT2D eigenvalue weighted by molar-refractivity contribution is -0.712. The fraction of sp³-hybridized carbons (Fsp3) is 0.0208. The van der Waals surface area contributed by atoms with Crippen molar-refractivity contribution >= 4 is 97.6 Å². The van der Waals surface area contributed by atoms with Crippen LogP contribution < -0.4 is 9.30 Å². The Bertz CT molecular complexity index is 3790. The highest BCUT2D eigenvalue weighted by molar-refractivity contribution is 6.31. The summed E-state index contributed by atoms with van der Waals surface area (Å²) in [5, 5.41) is 17.9. The molecule has 12 aromatic rings. The minimum atomic E-state index is -0.676. The molecule has 15 rings (SSSR count). The van der Waals surface area contributed by atoms with E-state index in [1.807, 2.05) is 0 Å². The summed E-state index contributed by atoms with van der Waals surface area (Å²) >= 11 is 0. The number of rotatable bonds is 0. The van der Waals surface area contributed by atoms with E-state index < -0.39 is 5.54 Å². The van der Waals surface area contributed by atoms with Gasteiger partial charge < -0.3 is 9.14 Å². The molecule has 3 aliphatic heterocycles. The summed E-state index contributed by atoms with van der Waals surface area (Å²) in [5.74, 6) is 1.80. The molecule has 5 aromatic heterocycles. The molecule has 4 nitrogen and oxygen atoms in total. The Morgan fingerprint density at radius 1 is 0.404 bits per heavy atom. The molecule has 3 aliphatic rings. The Labute approximate surface area is 294 Å². The first kappa shape index (κ1) is 25.1. The third kappa shape index (κ3) is 2.33. The highest BCUT2D eigenvalue weighted by Gasteiger charge is 2.65. The maximum atomic E-state index is 7.09. The molecule has 0 fully saturated rings. The molecule has 1 spiro atoms. The zero-order valence-electron chi connectivity index (χ0n) is 27.6. The number of pyridine rings is 3. The van der Waals surface area contributed by atoms with Crippen molar-refractivity contribution in [3.05, 3.63) is 163 Å². The quantitative estimate of drug-likeness (QED) is 0.117. The Hall–Kier alpha value is -6.91. The number of aromatic nitrogens is 3. The first-order valence-corrected chi connectivity index (χ1v) is 18.1. The summed E-state index contributed by atoms with van der Waals surface area (Å²) in [7, 11) is 0. The first-order valence-electron chi connectivity index (χ1n) is 18.1. The predicted molar refractivity (Wildman–Crippen MR) is 210 cm³/mol. The molecule has 0 N–H and O–H groups in total. The smallest absolute Gasteiger partial charge is 0.299 e. The van der Waals surface area contributed by atoms with E-state index >= 15 is 0 Å². The second kappa shape index (κ2) is 7.85. The Morgan fingerprint density at radius 2 is 0.962 bits per heavy atom. The predicted octanol–water partition coefficient (Wildman–Crippen LogP) is 11.3. The van der Waals surface area contributed by atoms with Crippen molar-refractivity contribution in [3.8, 4) is 11.6 Å². The summed E-state index contributed by atoms with van der Waals surface area (Å²) in [4.78, 5) is 0. The minimum Gasteiger partial charge on any atom is -0.422 e. The van der Waals surface area contributed by atoms with Gasteiger partial charge in [-0.2, -0.15) is 8.97 Å². The molecule has 0 saturated heterocycles. The zero-order chi connectivity index (χ0) is 33.2. The largest absolute Gasteiger partial charge is 0.422 e. The van der Waals surface area contributed by atoms with E-state index in [1.165, 1.54) is 115 Å². The molecular formula is C48H24N3O+. The summed E-state index contributed by atoms with van der Waals surface area (Å²) in [6, 6.07) is 54.3. The molecule has 236 valence electrons. The second-order valence-electron chi connectivity index (χ2n) is 15.0. The van der Waals surface area contributed by atoms with E-state index in [-0.39, 0.29) is 0 Å². The lowest BCUT2D eigenvalue weighted by Crippen LogP contribution is -2.58. The van der Waals surface area contributed by atoms with Gasteiger partial charge in [-0.05, 0) is 57.3 Å². The van der Waals surface area contributed by atoms with Crippen LogP contribution in [0.5, 0.6) is 11.6 Å². The third-order valence-electron chi connectivity index (χ3n) is 12.9. The topological polar surface area (TPSA) is 21.9 Å². The fourth-order valence-corrected chi connectivity index (χ4v) is 11.3. The number of fused-ring (bicyclic) bond motifs is 16. The molecule has 1 atom stereocenters. The van der Waals surface area contributed by atoms with Crippen molar-refractivity contribution in [1.29, 1.82) is 0 Å². The average Bonchev–Trinajstić information content (AvgIpc) is 3.92. The van der Waals surface area contributed by atoms with Gasteiger partial charge in [-0.1, -0.05) is 109 Å². The van der Waals surface area contributed by atoms with Gasteiger partial charge in [0.1, 0.15) is 11.3 Å². The standard InChI is InChI=1S/C48H24N3O/c1-3-11-27-25(9-1)18-20-35-39(27)36-22-24-38-51-47(36)50-42(35)30-13-5-7-15-33(30)46(50)48(51)41-37(52-38)23-21-32-29-19-17-26-10-2-4-12-28(26)40(29)43-31-14-6-8-16-34(31)45(48)49(43)44(32)41/h1-24H/q+1. The zero-order valence-corrected chi connectivity index (χ0v) is 27.6. The highest BCUT2D eigenvalue weighted by atomic mass is 16.5. The van der Waals surface area contributed by atoms with Crippen LogP contribution in [0.25, 0.3) is 97.6 Å². The summed E-state index contributed by atoms with van der Waals surface area (Å²) < 4.78 is 14.9. The molecule has 0 bridgehead atoms. The van der Waals surface area contributed by atoms with E-state index in [9.17, 15) is 0 Å². The van der Waals surface area contributed by atoms with Crippen molar-refractivity contribution in [1.82, 2.24) is 8.80 Å². The minimum absolute atomic E-state index is 0.676. The second-order valence-corrected chi connectivity index (χ2v) is 15.0. The summed E-state index contributed by atoms with van der Waals surface area (Å²) in [6.07, 6.45) is 0. The number of hydrogen-bond acceptors (Lipinski definition) is 1.